The molecule has 0 atom stereocenters. The van der Waals surface area contributed by atoms with Gasteiger partial charge >= 0.3 is 0 Å². The third kappa shape index (κ3) is 4.30. The Morgan fingerprint density at radius 2 is 2.13 bits per heavy atom. The van der Waals surface area contributed by atoms with Crippen LogP contribution in [0, 0.1) is 17.4 Å². The Balaban J connectivity index is 2.49. The Kier molecular flexibility index (Phi) is 5.13. The number of ether oxygens (including phenoxy) is 1. The summed E-state index contributed by atoms with van der Waals surface area (Å²) < 4.78 is 5.27. The van der Waals surface area contributed by atoms with Gasteiger partial charge in [-0.05, 0) is 12.3 Å². The standard InChI is InChI=1S/C11H19N3O/c1-10(2)3-4-11(13-9-12)14-5-7-15-8-6-14/h10H,3-8H2,1-2H3. The fourth-order valence-corrected chi connectivity index (χ4v) is 1.58. The molecular weight excluding hydrogens is 190 g/mol. The van der Waals surface area contributed by atoms with Crippen molar-refractivity contribution in [1.82, 2.24) is 4.90 Å². The van der Waals surface area contributed by atoms with Gasteiger partial charge in [-0.3, -0.25) is 0 Å². The topological polar surface area (TPSA) is 48.6 Å². The van der Waals surface area contributed by atoms with Crippen molar-refractivity contribution in [2.24, 2.45) is 10.9 Å². The molecule has 0 unspecified atom stereocenters. The van der Waals surface area contributed by atoms with Gasteiger partial charge in [-0.25, -0.2) is 0 Å². The average molecular weight is 209 g/mol. The molecule has 1 saturated heterocycles. The van der Waals surface area contributed by atoms with E-state index in [-0.39, 0.29) is 0 Å². The number of rotatable bonds is 3. The average Bonchev–Trinajstić information content (AvgIpc) is 2.25. The molecular formula is C11H19N3O. The zero-order valence-corrected chi connectivity index (χ0v) is 9.57. The molecule has 0 spiro atoms. The first kappa shape index (κ1) is 12.0. The maximum atomic E-state index is 8.64. The van der Waals surface area contributed by atoms with Crippen LogP contribution < -0.4 is 0 Å². The van der Waals surface area contributed by atoms with E-state index in [9.17, 15) is 0 Å². The Morgan fingerprint density at radius 1 is 1.47 bits per heavy atom. The molecule has 84 valence electrons. The summed E-state index contributed by atoms with van der Waals surface area (Å²) in [6.07, 6.45) is 3.87. The zero-order valence-electron chi connectivity index (χ0n) is 9.57. The summed E-state index contributed by atoms with van der Waals surface area (Å²) in [4.78, 5) is 6.07. The van der Waals surface area contributed by atoms with Gasteiger partial charge in [-0.1, -0.05) is 13.8 Å². The van der Waals surface area contributed by atoms with Gasteiger partial charge in [0.25, 0.3) is 0 Å². The van der Waals surface area contributed by atoms with Crippen LogP contribution in [-0.4, -0.2) is 37.0 Å². The Hall–Kier alpha value is -1.08. The first-order valence-electron chi connectivity index (χ1n) is 5.52. The second-order valence-electron chi connectivity index (χ2n) is 4.16. The fourth-order valence-electron chi connectivity index (χ4n) is 1.58. The maximum absolute atomic E-state index is 8.64. The molecule has 0 amide bonds. The number of nitriles is 1. The van der Waals surface area contributed by atoms with Gasteiger partial charge in [0.1, 0.15) is 5.84 Å². The summed E-state index contributed by atoms with van der Waals surface area (Å²) in [5, 5.41) is 8.64. The van der Waals surface area contributed by atoms with E-state index >= 15 is 0 Å². The highest BCUT2D eigenvalue weighted by atomic mass is 16.5. The van der Waals surface area contributed by atoms with Crippen LogP contribution in [-0.2, 0) is 4.74 Å². The van der Waals surface area contributed by atoms with E-state index in [1.54, 1.807) is 0 Å². The molecule has 0 aromatic heterocycles. The Morgan fingerprint density at radius 3 is 2.67 bits per heavy atom. The van der Waals surface area contributed by atoms with Gasteiger partial charge in [-0.2, -0.15) is 10.3 Å². The van der Waals surface area contributed by atoms with Crippen LogP contribution in [0.5, 0.6) is 0 Å². The molecule has 1 aliphatic heterocycles. The van der Waals surface area contributed by atoms with E-state index in [0.717, 1.165) is 45.0 Å². The van der Waals surface area contributed by atoms with Crippen LogP contribution >= 0.6 is 0 Å². The fraction of sp³-hybridized carbons (Fsp3) is 0.818. The summed E-state index contributed by atoms with van der Waals surface area (Å²) in [5.74, 6) is 1.57. The summed E-state index contributed by atoms with van der Waals surface area (Å²) in [7, 11) is 0. The monoisotopic (exact) mass is 209 g/mol. The summed E-state index contributed by atoms with van der Waals surface area (Å²) in [5.41, 5.74) is 0. The predicted molar refractivity (Wildman–Crippen MR) is 59.5 cm³/mol. The normalized spacial score (nSPS) is 18.0. The molecule has 1 rings (SSSR count). The van der Waals surface area contributed by atoms with Crippen LogP contribution in [0.1, 0.15) is 26.7 Å². The number of nitrogens with zero attached hydrogens (tertiary/aromatic N) is 3. The lowest BCUT2D eigenvalue weighted by Gasteiger charge is -2.29. The van der Waals surface area contributed by atoms with Gasteiger partial charge in [0, 0.05) is 19.5 Å². The molecule has 4 nitrogen and oxygen atoms in total. The molecule has 0 aromatic carbocycles. The quantitative estimate of drug-likeness (QED) is 0.403. The third-order valence-corrected chi connectivity index (χ3v) is 2.50. The van der Waals surface area contributed by atoms with Crippen molar-refractivity contribution < 1.29 is 4.74 Å². The lowest BCUT2D eigenvalue weighted by molar-refractivity contribution is 0.0671. The second-order valence-corrected chi connectivity index (χ2v) is 4.16. The van der Waals surface area contributed by atoms with E-state index in [4.69, 9.17) is 10.00 Å². The second kappa shape index (κ2) is 6.41. The number of aliphatic imine (C=N–C) groups is 1. The molecule has 0 aliphatic carbocycles. The SMILES string of the molecule is CC(C)CCC(=NC#N)N1CCOCC1. The summed E-state index contributed by atoms with van der Waals surface area (Å²) >= 11 is 0. The largest absolute Gasteiger partial charge is 0.378 e. The van der Waals surface area contributed by atoms with Crippen molar-refractivity contribution >= 4 is 5.84 Å². The van der Waals surface area contributed by atoms with E-state index in [1.807, 2.05) is 6.19 Å². The molecule has 1 aliphatic rings. The number of hydrogen-bond donors (Lipinski definition) is 0. The van der Waals surface area contributed by atoms with E-state index in [0.29, 0.717) is 5.92 Å². The molecule has 0 saturated carbocycles. The molecule has 1 fully saturated rings. The lowest BCUT2D eigenvalue weighted by Crippen LogP contribution is -2.40. The molecule has 4 heteroatoms. The van der Waals surface area contributed by atoms with Crippen molar-refractivity contribution in [3.8, 4) is 6.19 Å². The molecule has 0 N–H and O–H groups in total. The van der Waals surface area contributed by atoms with Crippen LogP contribution in [0.3, 0.4) is 0 Å². The highest BCUT2D eigenvalue weighted by molar-refractivity contribution is 5.83. The van der Waals surface area contributed by atoms with Gasteiger partial charge < -0.3 is 9.64 Å². The first-order chi connectivity index (χ1) is 7.24. The van der Waals surface area contributed by atoms with Crippen molar-refractivity contribution in [3.05, 3.63) is 0 Å². The van der Waals surface area contributed by atoms with Gasteiger partial charge in [0.2, 0.25) is 6.19 Å². The third-order valence-electron chi connectivity index (χ3n) is 2.50. The number of hydrogen-bond acceptors (Lipinski definition) is 3. The maximum Gasteiger partial charge on any atom is 0.207 e. The Labute approximate surface area is 91.5 Å². The lowest BCUT2D eigenvalue weighted by atomic mass is 10.1. The van der Waals surface area contributed by atoms with Crippen LogP contribution in [0.2, 0.25) is 0 Å². The van der Waals surface area contributed by atoms with E-state index < -0.39 is 0 Å². The minimum absolute atomic E-state index is 0.648. The number of amidine groups is 1. The summed E-state index contributed by atoms with van der Waals surface area (Å²) in [6.45, 7) is 7.57. The van der Waals surface area contributed by atoms with E-state index in [2.05, 4.69) is 23.7 Å². The highest BCUT2D eigenvalue weighted by Crippen LogP contribution is 2.09. The highest BCUT2D eigenvalue weighted by Gasteiger charge is 2.15. The minimum atomic E-state index is 0.648. The molecule has 1 heterocycles. The minimum Gasteiger partial charge on any atom is -0.378 e. The Bertz CT molecular complexity index is 249. The van der Waals surface area contributed by atoms with Crippen molar-refractivity contribution in [2.75, 3.05) is 26.3 Å². The van der Waals surface area contributed by atoms with Crippen molar-refractivity contribution in [3.63, 3.8) is 0 Å². The van der Waals surface area contributed by atoms with Crippen LogP contribution in [0.25, 0.3) is 0 Å². The number of morpholine rings is 1. The van der Waals surface area contributed by atoms with Crippen LogP contribution in [0.15, 0.2) is 4.99 Å². The predicted octanol–water partition coefficient (Wildman–Crippen LogP) is 1.63. The van der Waals surface area contributed by atoms with Crippen molar-refractivity contribution in [1.29, 1.82) is 5.26 Å². The van der Waals surface area contributed by atoms with Gasteiger partial charge in [0.15, 0.2) is 0 Å². The molecule has 15 heavy (non-hydrogen) atoms. The van der Waals surface area contributed by atoms with Gasteiger partial charge in [-0.15, -0.1) is 0 Å². The van der Waals surface area contributed by atoms with Crippen LogP contribution in [0.4, 0.5) is 0 Å². The summed E-state index contributed by atoms with van der Waals surface area (Å²) in [6, 6.07) is 0. The zero-order chi connectivity index (χ0) is 11.1. The molecule has 0 aromatic rings. The smallest absolute Gasteiger partial charge is 0.207 e. The molecule has 0 radical (unpaired) electrons. The van der Waals surface area contributed by atoms with Crippen molar-refractivity contribution in [2.45, 2.75) is 26.7 Å². The molecule has 0 bridgehead atoms. The van der Waals surface area contributed by atoms with E-state index in [1.165, 1.54) is 0 Å². The van der Waals surface area contributed by atoms with Gasteiger partial charge in [0.05, 0.1) is 13.2 Å². The first-order valence-corrected chi connectivity index (χ1v) is 5.52.